The first kappa shape index (κ1) is 19.4. The predicted molar refractivity (Wildman–Crippen MR) is 110 cm³/mol. The van der Waals surface area contributed by atoms with Gasteiger partial charge in [-0.3, -0.25) is 14.5 Å². The molecule has 2 aromatic carbocycles. The number of carbonyl (C=O) groups excluding carboxylic acids is 2. The van der Waals surface area contributed by atoms with Gasteiger partial charge in [-0.2, -0.15) is 0 Å². The van der Waals surface area contributed by atoms with Crippen LogP contribution in [0.1, 0.15) is 18.2 Å². The molecule has 0 radical (unpaired) electrons. The summed E-state index contributed by atoms with van der Waals surface area (Å²) in [6, 6.07) is 13.5. The first-order valence-corrected chi connectivity index (χ1v) is 9.39. The Morgan fingerprint density at radius 2 is 1.86 bits per heavy atom. The Morgan fingerprint density at radius 3 is 2.57 bits per heavy atom. The molecule has 1 N–H and O–H groups in total. The highest BCUT2D eigenvalue weighted by Gasteiger charge is 2.20. The van der Waals surface area contributed by atoms with Gasteiger partial charge in [-0.15, -0.1) is 11.3 Å². The number of anilines is 3. The monoisotopic (exact) mass is 395 g/mol. The van der Waals surface area contributed by atoms with Gasteiger partial charge in [-0.05, 0) is 36.8 Å². The second-order valence-corrected chi connectivity index (χ2v) is 6.83. The van der Waals surface area contributed by atoms with Gasteiger partial charge >= 0.3 is 0 Å². The van der Waals surface area contributed by atoms with Crippen molar-refractivity contribution in [2.75, 3.05) is 10.2 Å². The maximum atomic E-state index is 14.1. The van der Waals surface area contributed by atoms with Gasteiger partial charge in [-0.25, -0.2) is 9.37 Å². The normalized spacial score (nSPS) is 10.8. The quantitative estimate of drug-likeness (QED) is 0.623. The third kappa shape index (κ3) is 4.50. The second-order valence-electron chi connectivity index (χ2n) is 6.00. The van der Waals surface area contributed by atoms with Crippen LogP contribution in [-0.4, -0.2) is 16.8 Å². The Hall–Kier alpha value is -3.32. The van der Waals surface area contributed by atoms with E-state index >= 15 is 0 Å². The van der Waals surface area contributed by atoms with Gasteiger partial charge < -0.3 is 5.32 Å². The SMILES string of the molecule is CC(=O)N(c1nc(/C=C/C(=O)Nc2ccccc2C)cs1)c1ccccc1F. The molecule has 142 valence electrons. The number of para-hydroxylation sites is 2. The fourth-order valence-corrected chi connectivity index (χ4v) is 3.39. The highest BCUT2D eigenvalue weighted by molar-refractivity contribution is 7.14. The summed E-state index contributed by atoms with van der Waals surface area (Å²) in [7, 11) is 0. The molecule has 0 spiro atoms. The molecule has 28 heavy (non-hydrogen) atoms. The number of nitrogens with one attached hydrogen (secondary N) is 1. The molecule has 5 nitrogen and oxygen atoms in total. The smallest absolute Gasteiger partial charge is 0.248 e. The first-order valence-electron chi connectivity index (χ1n) is 8.51. The minimum absolute atomic E-state index is 0.136. The molecule has 1 heterocycles. The van der Waals surface area contributed by atoms with Crippen LogP contribution in [0.25, 0.3) is 6.08 Å². The number of halogens is 1. The summed E-state index contributed by atoms with van der Waals surface area (Å²) in [5.74, 6) is -1.16. The van der Waals surface area contributed by atoms with E-state index < -0.39 is 5.82 Å². The summed E-state index contributed by atoms with van der Waals surface area (Å²) in [5, 5.41) is 4.83. The van der Waals surface area contributed by atoms with Gasteiger partial charge in [-0.1, -0.05) is 30.3 Å². The number of aromatic nitrogens is 1. The molecule has 0 bridgehead atoms. The lowest BCUT2D eigenvalue weighted by Crippen LogP contribution is -2.23. The summed E-state index contributed by atoms with van der Waals surface area (Å²) in [5.41, 5.74) is 2.33. The molecule has 2 amide bonds. The van der Waals surface area contributed by atoms with Crippen molar-refractivity contribution >= 4 is 45.7 Å². The Bertz CT molecular complexity index is 1050. The largest absolute Gasteiger partial charge is 0.322 e. The lowest BCUT2D eigenvalue weighted by Gasteiger charge is -2.18. The molecule has 0 aliphatic rings. The van der Waals surface area contributed by atoms with E-state index in [1.807, 2.05) is 31.2 Å². The molecule has 3 aromatic rings. The van der Waals surface area contributed by atoms with Crippen molar-refractivity contribution in [1.82, 2.24) is 4.98 Å². The van der Waals surface area contributed by atoms with E-state index in [9.17, 15) is 14.0 Å². The lowest BCUT2D eigenvalue weighted by molar-refractivity contribution is -0.116. The maximum absolute atomic E-state index is 14.1. The van der Waals surface area contributed by atoms with Crippen LogP contribution in [0.3, 0.4) is 0 Å². The van der Waals surface area contributed by atoms with Crippen molar-refractivity contribution in [3.8, 4) is 0 Å². The van der Waals surface area contributed by atoms with Gasteiger partial charge in [0.2, 0.25) is 11.8 Å². The van der Waals surface area contributed by atoms with Gasteiger partial charge in [0.15, 0.2) is 5.13 Å². The molecular formula is C21H18FN3O2S. The molecule has 0 aliphatic carbocycles. The van der Waals surface area contributed by atoms with Crippen molar-refractivity contribution in [3.05, 3.63) is 77.1 Å². The zero-order valence-electron chi connectivity index (χ0n) is 15.3. The highest BCUT2D eigenvalue weighted by Crippen LogP contribution is 2.31. The fraction of sp³-hybridized carbons (Fsp3) is 0.0952. The third-order valence-corrected chi connectivity index (χ3v) is 4.76. The van der Waals surface area contributed by atoms with Crippen LogP contribution in [0.2, 0.25) is 0 Å². The number of thiazole rings is 1. The minimum Gasteiger partial charge on any atom is -0.322 e. The average molecular weight is 395 g/mol. The lowest BCUT2D eigenvalue weighted by atomic mass is 10.2. The number of carbonyl (C=O) groups is 2. The molecule has 1 aromatic heterocycles. The molecule has 0 aliphatic heterocycles. The Balaban J connectivity index is 1.76. The van der Waals surface area contributed by atoms with E-state index in [1.165, 1.54) is 41.4 Å². The van der Waals surface area contributed by atoms with E-state index in [0.717, 1.165) is 11.3 Å². The zero-order valence-corrected chi connectivity index (χ0v) is 16.2. The van der Waals surface area contributed by atoms with Crippen molar-refractivity contribution < 1.29 is 14.0 Å². The predicted octanol–water partition coefficient (Wildman–Crippen LogP) is 4.93. The highest BCUT2D eigenvalue weighted by atomic mass is 32.1. The van der Waals surface area contributed by atoms with E-state index in [2.05, 4.69) is 10.3 Å². The molecule has 0 fully saturated rings. The van der Waals surface area contributed by atoms with Crippen molar-refractivity contribution in [1.29, 1.82) is 0 Å². The van der Waals surface area contributed by atoms with Crippen LogP contribution >= 0.6 is 11.3 Å². The van der Waals surface area contributed by atoms with E-state index in [4.69, 9.17) is 0 Å². The number of nitrogens with zero attached hydrogens (tertiary/aromatic N) is 2. The van der Waals surface area contributed by atoms with Crippen LogP contribution in [0.15, 0.2) is 60.0 Å². The standard InChI is InChI=1S/C21H18FN3O2S/c1-14-7-3-5-9-18(14)24-20(27)12-11-16-13-28-21(23-16)25(15(2)26)19-10-6-4-8-17(19)22/h3-13H,1-2H3,(H,24,27)/b12-11+. The number of rotatable bonds is 5. The molecule has 3 rings (SSSR count). The van der Waals surface area contributed by atoms with Crippen LogP contribution in [-0.2, 0) is 9.59 Å². The number of hydrogen-bond donors (Lipinski definition) is 1. The van der Waals surface area contributed by atoms with Gasteiger partial charge in [0.25, 0.3) is 0 Å². The summed E-state index contributed by atoms with van der Waals surface area (Å²) >= 11 is 1.19. The Kier molecular flexibility index (Phi) is 5.96. The maximum Gasteiger partial charge on any atom is 0.248 e. The van der Waals surface area contributed by atoms with Crippen molar-refractivity contribution in [3.63, 3.8) is 0 Å². The third-order valence-electron chi connectivity index (χ3n) is 3.92. The summed E-state index contributed by atoms with van der Waals surface area (Å²) < 4.78 is 14.1. The number of aryl methyl sites for hydroxylation is 1. The Morgan fingerprint density at radius 1 is 1.14 bits per heavy atom. The summed E-state index contributed by atoms with van der Waals surface area (Å²) in [6.07, 6.45) is 2.92. The molecule has 0 unspecified atom stereocenters. The van der Waals surface area contributed by atoms with Gasteiger partial charge in [0.05, 0.1) is 11.4 Å². The molecular weight excluding hydrogens is 377 g/mol. The fourth-order valence-electron chi connectivity index (χ4n) is 2.54. The minimum atomic E-state index is -0.511. The zero-order chi connectivity index (χ0) is 20.1. The molecule has 7 heteroatoms. The van der Waals surface area contributed by atoms with Gasteiger partial charge in [0, 0.05) is 24.1 Å². The van der Waals surface area contributed by atoms with E-state index in [-0.39, 0.29) is 17.5 Å². The number of benzene rings is 2. The van der Waals surface area contributed by atoms with Crippen molar-refractivity contribution in [2.45, 2.75) is 13.8 Å². The number of amides is 2. The topological polar surface area (TPSA) is 62.3 Å². The molecule has 0 saturated heterocycles. The Labute approximate surface area is 166 Å². The van der Waals surface area contributed by atoms with Crippen LogP contribution in [0.5, 0.6) is 0 Å². The number of hydrogen-bond acceptors (Lipinski definition) is 4. The second kappa shape index (κ2) is 8.58. The van der Waals surface area contributed by atoms with E-state index in [1.54, 1.807) is 23.6 Å². The van der Waals surface area contributed by atoms with E-state index in [0.29, 0.717) is 10.8 Å². The van der Waals surface area contributed by atoms with Crippen LogP contribution in [0, 0.1) is 12.7 Å². The first-order chi connectivity index (χ1) is 13.5. The van der Waals surface area contributed by atoms with Crippen LogP contribution in [0.4, 0.5) is 20.9 Å². The molecule has 0 atom stereocenters. The van der Waals surface area contributed by atoms with Crippen molar-refractivity contribution in [2.24, 2.45) is 0 Å². The van der Waals surface area contributed by atoms with Gasteiger partial charge in [0.1, 0.15) is 5.82 Å². The summed E-state index contributed by atoms with van der Waals surface area (Å²) in [4.78, 5) is 29.7. The molecule has 0 saturated carbocycles. The summed E-state index contributed by atoms with van der Waals surface area (Å²) in [6.45, 7) is 3.25. The van der Waals surface area contributed by atoms with Crippen LogP contribution < -0.4 is 10.2 Å². The average Bonchev–Trinajstić information content (AvgIpc) is 3.12.